The van der Waals surface area contributed by atoms with Gasteiger partial charge in [0.1, 0.15) is 0 Å². The molecule has 0 fully saturated rings. The first kappa shape index (κ1) is 23.2. The van der Waals surface area contributed by atoms with Crippen molar-refractivity contribution in [3.8, 4) is 17.2 Å². The van der Waals surface area contributed by atoms with Gasteiger partial charge in [-0.25, -0.2) is 0 Å². The van der Waals surface area contributed by atoms with Crippen molar-refractivity contribution >= 4 is 5.91 Å². The van der Waals surface area contributed by atoms with Crippen molar-refractivity contribution in [1.29, 1.82) is 5.26 Å². The minimum atomic E-state index is -0.700. The number of rotatable bonds is 10. The molecule has 0 bridgehead atoms. The highest BCUT2D eigenvalue weighted by atomic mass is 16.5. The summed E-state index contributed by atoms with van der Waals surface area (Å²) in [7, 11) is 0. The van der Waals surface area contributed by atoms with E-state index in [0.29, 0.717) is 12.5 Å². The molecule has 0 heterocycles. The van der Waals surface area contributed by atoms with Crippen molar-refractivity contribution in [2.75, 3.05) is 6.54 Å². The Hall–Kier alpha value is -3.42. The molecule has 3 rings (SSSR count). The zero-order valence-electron chi connectivity index (χ0n) is 18.7. The van der Waals surface area contributed by atoms with E-state index < -0.39 is 6.10 Å². The summed E-state index contributed by atoms with van der Waals surface area (Å²) in [5.41, 5.74) is 4.19. The van der Waals surface area contributed by atoms with Crippen LogP contribution in [-0.2, 0) is 16.1 Å². The quantitative estimate of drug-likeness (QED) is 0.452. The Morgan fingerprint density at radius 2 is 1.59 bits per heavy atom. The molecule has 0 aliphatic carbocycles. The largest absolute Gasteiger partial charge is 0.357 e. The Labute approximate surface area is 190 Å². The van der Waals surface area contributed by atoms with Crippen LogP contribution in [-0.4, -0.2) is 18.6 Å². The molecule has 0 radical (unpaired) electrons. The highest BCUT2D eigenvalue weighted by molar-refractivity contribution is 5.84. The maximum atomic E-state index is 13.1. The van der Waals surface area contributed by atoms with Crippen LogP contribution in [0.1, 0.15) is 37.3 Å². The number of benzene rings is 3. The molecule has 0 spiro atoms. The highest BCUT2D eigenvalue weighted by Crippen LogP contribution is 2.28. The summed E-state index contributed by atoms with van der Waals surface area (Å²) in [5.74, 6) is -0.00757. The van der Waals surface area contributed by atoms with Gasteiger partial charge in [0.15, 0.2) is 6.10 Å². The lowest BCUT2D eigenvalue weighted by Crippen LogP contribution is -2.36. The summed E-state index contributed by atoms with van der Waals surface area (Å²) in [6.07, 6.45) is 0.0288. The third-order valence-electron chi connectivity index (χ3n) is 5.32. The van der Waals surface area contributed by atoms with Gasteiger partial charge in [-0.3, -0.25) is 4.79 Å². The van der Waals surface area contributed by atoms with Gasteiger partial charge in [-0.05, 0) is 34.6 Å². The second kappa shape index (κ2) is 11.8. The summed E-state index contributed by atoms with van der Waals surface area (Å²) in [6, 6.07) is 30.2. The van der Waals surface area contributed by atoms with Crippen LogP contribution in [0.4, 0.5) is 0 Å². The SMILES string of the molecule is CC(C)CC(C(=O)NCC(C#N)OCc1ccccc1)c1cccc(-c2ccccc2)c1. The maximum Gasteiger partial charge on any atom is 0.227 e. The predicted molar refractivity (Wildman–Crippen MR) is 128 cm³/mol. The van der Waals surface area contributed by atoms with E-state index in [4.69, 9.17) is 4.74 Å². The predicted octanol–water partition coefficient (Wildman–Crippen LogP) is 5.71. The molecule has 1 amide bonds. The fraction of sp³-hybridized carbons (Fsp3) is 0.286. The average molecular weight is 427 g/mol. The number of carbonyl (C=O) groups excluding carboxylic acids is 1. The molecule has 2 atom stereocenters. The van der Waals surface area contributed by atoms with Crippen molar-refractivity contribution < 1.29 is 9.53 Å². The van der Waals surface area contributed by atoms with E-state index in [2.05, 4.69) is 49.5 Å². The van der Waals surface area contributed by atoms with E-state index in [1.807, 2.05) is 60.7 Å². The molecule has 1 N–H and O–H groups in total. The molecular weight excluding hydrogens is 396 g/mol. The lowest BCUT2D eigenvalue weighted by molar-refractivity contribution is -0.123. The minimum Gasteiger partial charge on any atom is -0.357 e. The summed E-state index contributed by atoms with van der Waals surface area (Å²) < 4.78 is 5.70. The second-order valence-electron chi connectivity index (χ2n) is 8.33. The van der Waals surface area contributed by atoms with Gasteiger partial charge in [0.05, 0.1) is 25.1 Å². The lowest BCUT2D eigenvalue weighted by atomic mass is 9.88. The Morgan fingerprint density at radius 1 is 0.938 bits per heavy atom. The Morgan fingerprint density at radius 3 is 2.25 bits per heavy atom. The van der Waals surface area contributed by atoms with Crippen molar-refractivity contribution in [2.24, 2.45) is 5.92 Å². The van der Waals surface area contributed by atoms with E-state index in [1.165, 1.54) is 0 Å². The van der Waals surface area contributed by atoms with Crippen LogP contribution >= 0.6 is 0 Å². The van der Waals surface area contributed by atoms with Crippen LogP contribution in [0.2, 0.25) is 0 Å². The van der Waals surface area contributed by atoms with E-state index in [0.717, 1.165) is 28.7 Å². The number of carbonyl (C=O) groups is 1. The molecule has 0 saturated heterocycles. The molecule has 0 saturated carbocycles. The van der Waals surface area contributed by atoms with Crippen LogP contribution in [0, 0.1) is 17.2 Å². The van der Waals surface area contributed by atoms with Gasteiger partial charge in [0, 0.05) is 0 Å². The van der Waals surface area contributed by atoms with Gasteiger partial charge in [-0.2, -0.15) is 5.26 Å². The fourth-order valence-corrected chi connectivity index (χ4v) is 3.66. The summed E-state index contributed by atoms with van der Waals surface area (Å²) in [6.45, 7) is 4.73. The van der Waals surface area contributed by atoms with Gasteiger partial charge in [0.2, 0.25) is 5.91 Å². The molecule has 3 aromatic carbocycles. The number of ether oxygens (including phenoxy) is 1. The monoisotopic (exact) mass is 426 g/mol. The van der Waals surface area contributed by atoms with Crippen molar-refractivity contribution in [3.05, 3.63) is 96.1 Å². The molecule has 0 aliphatic heterocycles. The minimum absolute atomic E-state index is 0.0764. The van der Waals surface area contributed by atoms with Gasteiger partial charge in [0.25, 0.3) is 0 Å². The number of nitriles is 1. The number of hydrogen-bond acceptors (Lipinski definition) is 3. The second-order valence-corrected chi connectivity index (χ2v) is 8.33. The first-order chi connectivity index (χ1) is 15.6. The zero-order chi connectivity index (χ0) is 22.8. The third-order valence-corrected chi connectivity index (χ3v) is 5.32. The van der Waals surface area contributed by atoms with Crippen LogP contribution in [0.25, 0.3) is 11.1 Å². The highest BCUT2D eigenvalue weighted by Gasteiger charge is 2.23. The van der Waals surface area contributed by atoms with Gasteiger partial charge in [-0.15, -0.1) is 0 Å². The first-order valence-corrected chi connectivity index (χ1v) is 11.0. The zero-order valence-corrected chi connectivity index (χ0v) is 18.7. The number of nitrogens with one attached hydrogen (secondary N) is 1. The number of amides is 1. The van der Waals surface area contributed by atoms with Gasteiger partial charge in [-0.1, -0.05) is 98.8 Å². The molecule has 0 aromatic heterocycles. The van der Waals surface area contributed by atoms with Crippen LogP contribution in [0.5, 0.6) is 0 Å². The smallest absolute Gasteiger partial charge is 0.227 e. The van der Waals surface area contributed by atoms with E-state index in [9.17, 15) is 10.1 Å². The molecule has 4 heteroatoms. The Bertz CT molecular complexity index is 1030. The molecule has 32 heavy (non-hydrogen) atoms. The van der Waals surface area contributed by atoms with Gasteiger partial charge >= 0.3 is 0 Å². The third kappa shape index (κ3) is 6.80. The van der Waals surface area contributed by atoms with E-state index in [1.54, 1.807) is 0 Å². The summed E-state index contributed by atoms with van der Waals surface area (Å²) in [4.78, 5) is 13.1. The average Bonchev–Trinajstić information content (AvgIpc) is 2.83. The summed E-state index contributed by atoms with van der Waals surface area (Å²) in [5, 5.41) is 12.4. The normalized spacial score (nSPS) is 12.7. The molecular formula is C28H30N2O2. The maximum absolute atomic E-state index is 13.1. The van der Waals surface area contributed by atoms with E-state index in [-0.39, 0.29) is 18.4 Å². The number of nitrogens with zero attached hydrogens (tertiary/aromatic N) is 1. The molecule has 164 valence electrons. The first-order valence-electron chi connectivity index (χ1n) is 11.0. The van der Waals surface area contributed by atoms with Crippen LogP contribution in [0.3, 0.4) is 0 Å². The van der Waals surface area contributed by atoms with Crippen LogP contribution in [0.15, 0.2) is 84.9 Å². The van der Waals surface area contributed by atoms with Gasteiger partial charge < -0.3 is 10.1 Å². The van der Waals surface area contributed by atoms with Crippen molar-refractivity contribution in [3.63, 3.8) is 0 Å². The lowest BCUT2D eigenvalue weighted by Gasteiger charge is -2.21. The van der Waals surface area contributed by atoms with Crippen molar-refractivity contribution in [1.82, 2.24) is 5.32 Å². The molecule has 0 aliphatic rings. The molecule has 2 unspecified atom stereocenters. The topological polar surface area (TPSA) is 62.1 Å². The summed E-state index contributed by atoms with van der Waals surface area (Å²) >= 11 is 0. The Balaban J connectivity index is 1.67. The fourth-order valence-electron chi connectivity index (χ4n) is 3.66. The van der Waals surface area contributed by atoms with Crippen LogP contribution < -0.4 is 5.32 Å². The molecule has 3 aromatic rings. The molecule has 4 nitrogen and oxygen atoms in total. The number of hydrogen-bond donors (Lipinski definition) is 1. The Kier molecular flexibility index (Phi) is 8.60. The van der Waals surface area contributed by atoms with E-state index >= 15 is 0 Å². The standard InChI is InChI=1S/C28H30N2O2/c1-21(2)16-27(25-15-9-14-24(17-25)23-12-7-4-8-13-23)28(31)30-19-26(18-29)32-20-22-10-5-3-6-11-22/h3-15,17,21,26-27H,16,19-20H2,1-2H3,(H,30,31). The van der Waals surface area contributed by atoms with Crippen molar-refractivity contribution in [2.45, 2.75) is 38.9 Å².